The second kappa shape index (κ2) is 6.71. The van der Waals surface area contributed by atoms with Gasteiger partial charge in [0.05, 0.1) is 24.0 Å². The molecule has 6 heteroatoms. The van der Waals surface area contributed by atoms with E-state index in [1.807, 2.05) is 13.1 Å². The van der Waals surface area contributed by atoms with Crippen LogP contribution in [0.3, 0.4) is 0 Å². The van der Waals surface area contributed by atoms with Crippen LogP contribution in [-0.4, -0.2) is 21.6 Å². The van der Waals surface area contributed by atoms with Gasteiger partial charge in [-0.1, -0.05) is 6.07 Å². The normalized spacial score (nSPS) is 18.5. The summed E-state index contributed by atoms with van der Waals surface area (Å²) in [5.41, 5.74) is 2.78. The monoisotopic (exact) mass is 349 g/mol. The predicted octanol–water partition coefficient (Wildman–Crippen LogP) is 3.29. The van der Waals surface area contributed by atoms with Gasteiger partial charge in [-0.2, -0.15) is 4.98 Å². The molecule has 0 N–H and O–H groups in total. The van der Waals surface area contributed by atoms with Gasteiger partial charge in [0.25, 0.3) is 0 Å². The van der Waals surface area contributed by atoms with Gasteiger partial charge in [-0.15, -0.1) is 0 Å². The molecular weight excluding hydrogens is 330 g/mol. The molecule has 1 aliphatic rings. The van der Waals surface area contributed by atoms with Crippen LogP contribution < -0.4 is 10.4 Å². The summed E-state index contributed by atoms with van der Waals surface area (Å²) < 4.78 is 10.9. The van der Waals surface area contributed by atoms with E-state index in [1.54, 1.807) is 25.3 Å². The van der Waals surface area contributed by atoms with Gasteiger partial charge in [0.15, 0.2) is 0 Å². The van der Waals surface area contributed by atoms with E-state index in [0.717, 1.165) is 17.7 Å². The first kappa shape index (κ1) is 16.4. The molecule has 132 valence electrons. The smallest absolute Gasteiger partial charge is 0.343 e. The summed E-state index contributed by atoms with van der Waals surface area (Å²) in [5, 5.41) is 0. The van der Waals surface area contributed by atoms with E-state index in [9.17, 15) is 4.79 Å². The van der Waals surface area contributed by atoms with Crippen LogP contribution in [-0.2, 0) is 0 Å². The summed E-state index contributed by atoms with van der Waals surface area (Å²) in [6.45, 7) is 4.35. The Morgan fingerprint density at radius 3 is 2.81 bits per heavy atom. The second-order valence-electron chi connectivity index (χ2n) is 6.62. The van der Waals surface area contributed by atoms with Crippen LogP contribution in [0.1, 0.15) is 29.4 Å². The van der Waals surface area contributed by atoms with Crippen LogP contribution in [0.4, 0.5) is 0 Å². The third kappa shape index (κ3) is 3.35. The van der Waals surface area contributed by atoms with Gasteiger partial charge < -0.3 is 9.15 Å². The molecule has 2 atom stereocenters. The average Bonchev–Trinajstić information content (AvgIpc) is 3.41. The van der Waals surface area contributed by atoms with Crippen LogP contribution >= 0.6 is 0 Å². The highest BCUT2D eigenvalue weighted by Crippen LogP contribution is 2.46. The van der Waals surface area contributed by atoms with Gasteiger partial charge in [-0.25, -0.2) is 9.78 Å². The van der Waals surface area contributed by atoms with E-state index in [4.69, 9.17) is 9.15 Å². The second-order valence-corrected chi connectivity index (χ2v) is 6.62. The Kier molecular flexibility index (Phi) is 4.24. The van der Waals surface area contributed by atoms with Crippen molar-refractivity contribution in [2.75, 3.05) is 6.61 Å². The Balaban J connectivity index is 1.51. The zero-order valence-corrected chi connectivity index (χ0v) is 14.7. The van der Waals surface area contributed by atoms with Crippen molar-refractivity contribution in [2.24, 2.45) is 5.92 Å². The summed E-state index contributed by atoms with van der Waals surface area (Å²) in [5.74, 6) is 1.83. The molecule has 4 rings (SSSR count). The summed E-state index contributed by atoms with van der Waals surface area (Å²) in [6, 6.07) is 7.51. The van der Waals surface area contributed by atoms with Crippen LogP contribution in [0.5, 0.6) is 5.88 Å². The largest absolute Gasteiger partial charge is 0.477 e. The van der Waals surface area contributed by atoms with E-state index in [-0.39, 0.29) is 0 Å². The lowest BCUT2D eigenvalue weighted by Crippen LogP contribution is -2.08. The highest BCUT2D eigenvalue weighted by atomic mass is 16.5. The standard InChI is InChI=1S/C20H19N3O3/c1-12-5-6-18(22-9-12)16-8-14(16)11-26-19-17(10-21-13(2)23-19)15-4-3-7-25-20(15)24/h3-7,9-10,14,16H,8,11H2,1-2H3/t14?,16-/m1/s1. The lowest BCUT2D eigenvalue weighted by Gasteiger charge is -2.10. The van der Waals surface area contributed by atoms with Gasteiger partial charge in [0.2, 0.25) is 5.88 Å². The minimum atomic E-state index is -0.432. The van der Waals surface area contributed by atoms with Crippen molar-refractivity contribution in [1.82, 2.24) is 15.0 Å². The summed E-state index contributed by atoms with van der Waals surface area (Å²) in [6.07, 6.45) is 5.90. The maximum atomic E-state index is 12.0. The average molecular weight is 349 g/mol. The molecule has 0 amide bonds. The SMILES string of the molecule is Cc1ccc([C@@H]2CC2COc2nc(C)ncc2-c2cccoc2=O)nc1. The van der Waals surface area contributed by atoms with Gasteiger partial charge in [-0.05, 0) is 44.0 Å². The molecule has 1 unspecified atom stereocenters. The lowest BCUT2D eigenvalue weighted by atomic mass is 10.1. The Labute approximate surface area is 150 Å². The first-order valence-corrected chi connectivity index (χ1v) is 8.59. The molecule has 26 heavy (non-hydrogen) atoms. The van der Waals surface area contributed by atoms with Gasteiger partial charge in [-0.3, -0.25) is 4.98 Å². The molecule has 3 heterocycles. The number of aryl methyl sites for hydroxylation is 2. The highest BCUT2D eigenvalue weighted by Gasteiger charge is 2.40. The molecule has 6 nitrogen and oxygen atoms in total. The van der Waals surface area contributed by atoms with Crippen molar-refractivity contribution in [2.45, 2.75) is 26.2 Å². The summed E-state index contributed by atoms with van der Waals surface area (Å²) >= 11 is 0. The zero-order chi connectivity index (χ0) is 18.1. The Hall–Kier alpha value is -3.02. The first-order chi connectivity index (χ1) is 12.6. The number of pyridine rings is 1. The molecule has 1 fully saturated rings. The third-order valence-corrected chi connectivity index (χ3v) is 4.57. The summed E-state index contributed by atoms with van der Waals surface area (Å²) in [7, 11) is 0. The number of hydrogen-bond acceptors (Lipinski definition) is 6. The minimum Gasteiger partial charge on any atom is -0.477 e. The molecule has 1 saturated carbocycles. The number of nitrogens with zero attached hydrogens (tertiary/aromatic N) is 3. The summed E-state index contributed by atoms with van der Waals surface area (Å²) in [4.78, 5) is 25.0. The van der Waals surface area contributed by atoms with Crippen LogP contribution in [0.25, 0.3) is 11.1 Å². The molecule has 0 spiro atoms. The van der Waals surface area contributed by atoms with Crippen LogP contribution in [0.15, 0.2) is 52.1 Å². The van der Waals surface area contributed by atoms with Crippen molar-refractivity contribution in [3.63, 3.8) is 0 Å². The fourth-order valence-electron chi connectivity index (χ4n) is 2.99. The van der Waals surface area contributed by atoms with E-state index in [2.05, 4.69) is 27.1 Å². The predicted molar refractivity (Wildman–Crippen MR) is 96.1 cm³/mol. The molecular formula is C20H19N3O3. The third-order valence-electron chi connectivity index (χ3n) is 4.57. The fourth-order valence-corrected chi connectivity index (χ4v) is 2.99. The lowest BCUT2D eigenvalue weighted by molar-refractivity contribution is 0.285. The first-order valence-electron chi connectivity index (χ1n) is 8.59. The van der Waals surface area contributed by atoms with E-state index in [1.165, 1.54) is 6.26 Å². The minimum absolute atomic E-state index is 0.398. The molecule has 0 aromatic carbocycles. The van der Waals surface area contributed by atoms with E-state index in [0.29, 0.717) is 41.3 Å². The van der Waals surface area contributed by atoms with Crippen molar-refractivity contribution < 1.29 is 9.15 Å². The number of aromatic nitrogens is 3. The fraction of sp³-hybridized carbons (Fsp3) is 0.300. The van der Waals surface area contributed by atoms with Gasteiger partial charge in [0.1, 0.15) is 5.82 Å². The molecule has 3 aromatic rings. The van der Waals surface area contributed by atoms with Crippen LogP contribution in [0.2, 0.25) is 0 Å². The van der Waals surface area contributed by atoms with Gasteiger partial charge >= 0.3 is 5.63 Å². The zero-order valence-electron chi connectivity index (χ0n) is 14.7. The molecule has 0 bridgehead atoms. The number of rotatable bonds is 5. The van der Waals surface area contributed by atoms with E-state index >= 15 is 0 Å². The molecule has 0 radical (unpaired) electrons. The van der Waals surface area contributed by atoms with Crippen molar-refractivity contribution in [3.8, 4) is 17.0 Å². The number of hydrogen-bond donors (Lipinski definition) is 0. The Morgan fingerprint density at radius 2 is 2.04 bits per heavy atom. The Morgan fingerprint density at radius 1 is 1.15 bits per heavy atom. The quantitative estimate of drug-likeness (QED) is 0.703. The maximum absolute atomic E-state index is 12.0. The number of ether oxygens (including phenoxy) is 1. The molecule has 1 aliphatic carbocycles. The van der Waals surface area contributed by atoms with Crippen molar-refractivity contribution >= 4 is 0 Å². The molecule has 3 aromatic heterocycles. The topological polar surface area (TPSA) is 78.1 Å². The molecule has 0 aliphatic heterocycles. The highest BCUT2D eigenvalue weighted by molar-refractivity contribution is 5.66. The molecule has 0 saturated heterocycles. The Bertz CT molecular complexity index is 982. The maximum Gasteiger partial charge on any atom is 0.343 e. The van der Waals surface area contributed by atoms with Crippen molar-refractivity contribution in [1.29, 1.82) is 0 Å². The van der Waals surface area contributed by atoms with Crippen molar-refractivity contribution in [3.05, 3.63) is 70.4 Å². The van der Waals surface area contributed by atoms with Gasteiger partial charge in [0, 0.05) is 29.9 Å². The van der Waals surface area contributed by atoms with Crippen LogP contribution in [0, 0.1) is 19.8 Å². The van der Waals surface area contributed by atoms with E-state index < -0.39 is 5.63 Å².